The molecule has 3 N–H and O–H groups in total. The van der Waals surface area contributed by atoms with E-state index < -0.39 is 0 Å². The van der Waals surface area contributed by atoms with Crippen LogP contribution in [0, 0.1) is 0 Å². The summed E-state index contributed by atoms with van der Waals surface area (Å²) in [5, 5.41) is 9.38. The van der Waals surface area contributed by atoms with Crippen LogP contribution in [0.2, 0.25) is 0 Å². The third-order valence-electron chi connectivity index (χ3n) is 4.07. The predicted octanol–water partition coefficient (Wildman–Crippen LogP) is 0.919. The summed E-state index contributed by atoms with van der Waals surface area (Å²) in [5.41, 5.74) is 0. The molecule has 0 bridgehead atoms. The topological polar surface area (TPSA) is 68.8 Å². The van der Waals surface area contributed by atoms with E-state index in [1.165, 1.54) is 12.8 Å². The zero-order chi connectivity index (χ0) is 15.4. The first-order valence-corrected chi connectivity index (χ1v) is 8.02. The fourth-order valence-corrected chi connectivity index (χ4v) is 3.00. The molecule has 1 amide bonds. The van der Waals surface area contributed by atoms with Gasteiger partial charge in [0.2, 0.25) is 5.91 Å². The molecule has 6 nitrogen and oxygen atoms in total. The molecule has 2 unspecified atom stereocenters. The highest BCUT2D eigenvalue weighted by atomic mass is 127. The molecule has 0 aromatic rings. The van der Waals surface area contributed by atoms with E-state index in [-0.39, 0.29) is 42.5 Å². The molecule has 1 aliphatic carbocycles. The van der Waals surface area contributed by atoms with E-state index in [0.29, 0.717) is 18.0 Å². The molecule has 1 heterocycles. The van der Waals surface area contributed by atoms with Crippen molar-refractivity contribution in [3.05, 3.63) is 0 Å². The summed E-state index contributed by atoms with van der Waals surface area (Å²) < 4.78 is 0. The van der Waals surface area contributed by atoms with Gasteiger partial charge in [-0.2, -0.15) is 0 Å². The van der Waals surface area contributed by atoms with E-state index in [1.54, 1.807) is 7.05 Å². The molecule has 0 radical (unpaired) electrons. The Morgan fingerprint density at radius 2 is 2.05 bits per heavy atom. The van der Waals surface area contributed by atoms with Gasteiger partial charge in [0.05, 0.1) is 6.54 Å². The summed E-state index contributed by atoms with van der Waals surface area (Å²) >= 11 is 0. The van der Waals surface area contributed by atoms with Crippen molar-refractivity contribution in [1.82, 2.24) is 20.9 Å². The summed E-state index contributed by atoms with van der Waals surface area (Å²) in [4.78, 5) is 18.5. The number of guanidine groups is 1. The largest absolute Gasteiger partial charge is 0.352 e. The Morgan fingerprint density at radius 3 is 2.59 bits per heavy atom. The number of hydrogen-bond acceptors (Lipinski definition) is 3. The van der Waals surface area contributed by atoms with Gasteiger partial charge in [-0.25, -0.2) is 0 Å². The third-order valence-corrected chi connectivity index (χ3v) is 4.07. The number of hydrogen-bond donors (Lipinski definition) is 3. The van der Waals surface area contributed by atoms with Gasteiger partial charge in [-0.05, 0) is 40.0 Å². The number of carbonyl (C=O) groups is 1. The Labute approximate surface area is 150 Å². The number of nitrogens with zero attached hydrogens (tertiary/aromatic N) is 2. The van der Waals surface area contributed by atoms with Gasteiger partial charge in [0.15, 0.2) is 5.96 Å². The Balaban J connectivity index is 0.00000242. The summed E-state index contributed by atoms with van der Waals surface area (Å²) in [6.07, 6.45) is 3.83. The van der Waals surface area contributed by atoms with E-state index in [9.17, 15) is 4.79 Å². The monoisotopic (exact) mass is 423 g/mol. The first-order valence-electron chi connectivity index (χ1n) is 8.02. The quantitative estimate of drug-likeness (QED) is 0.350. The average molecular weight is 423 g/mol. The fourth-order valence-electron chi connectivity index (χ4n) is 3.00. The molecule has 2 aliphatic rings. The molecule has 1 saturated heterocycles. The van der Waals surface area contributed by atoms with Gasteiger partial charge in [-0.1, -0.05) is 0 Å². The lowest BCUT2D eigenvalue weighted by Crippen LogP contribution is -2.48. The molecular weight excluding hydrogens is 393 g/mol. The molecule has 1 saturated carbocycles. The highest BCUT2D eigenvalue weighted by Gasteiger charge is 2.38. The van der Waals surface area contributed by atoms with Crippen LogP contribution < -0.4 is 16.0 Å². The number of halogens is 1. The predicted molar refractivity (Wildman–Crippen MR) is 101 cm³/mol. The second kappa shape index (κ2) is 8.90. The summed E-state index contributed by atoms with van der Waals surface area (Å²) in [6.45, 7) is 7.54. The Bertz CT molecular complexity index is 397. The standard InChI is InChI=1S/C15H29N5O.HI/c1-10(2)18-14(21)8-17-15(16-4)19-12-7-11(3)20(9-12)13-5-6-13;/h10-13H,5-9H2,1-4H3,(H,18,21)(H2,16,17,19);1H. The lowest BCUT2D eigenvalue weighted by molar-refractivity contribution is -0.120. The average Bonchev–Trinajstić information content (AvgIpc) is 3.18. The van der Waals surface area contributed by atoms with Gasteiger partial charge in [0.1, 0.15) is 0 Å². The van der Waals surface area contributed by atoms with Gasteiger partial charge in [-0.3, -0.25) is 14.7 Å². The molecule has 2 atom stereocenters. The van der Waals surface area contributed by atoms with E-state index in [0.717, 1.165) is 19.0 Å². The number of nitrogens with one attached hydrogen (secondary N) is 3. The van der Waals surface area contributed by atoms with Crippen molar-refractivity contribution in [1.29, 1.82) is 0 Å². The third kappa shape index (κ3) is 5.91. The second-order valence-corrected chi connectivity index (χ2v) is 6.50. The number of amides is 1. The van der Waals surface area contributed by atoms with Crippen molar-refractivity contribution in [3.63, 3.8) is 0 Å². The Morgan fingerprint density at radius 1 is 1.36 bits per heavy atom. The van der Waals surface area contributed by atoms with Crippen LogP contribution in [0.5, 0.6) is 0 Å². The van der Waals surface area contributed by atoms with Gasteiger partial charge in [-0.15, -0.1) is 24.0 Å². The molecule has 2 fully saturated rings. The first kappa shape index (κ1) is 19.5. The Kier molecular flexibility index (Phi) is 7.88. The minimum atomic E-state index is -0.00709. The Hall–Kier alpha value is -0.570. The highest BCUT2D eigenvalue weighted by molar-refractivity contribution is 14.0. The second-order valence-electron chi connectivity index (χ2n) is 6.50. The van der Waals surface area contributed by atoms with Gasteiger partial charge >= 0.3 is 0 Å². The van der Waals surface area contributed by atoms with Gasteiger partial charge in [0.25, 0.3) is 0 Å². The van der Waals surface area contributed by atoms with Crippen LogP contribution >= 0.6 is 24.0 Å². The minimum Gasteiger partial charge on any atom is -0.352 e. The van der Waals surface area contributed by atoms with Crippen LogP contribution in [0.25, 0.3) is 0 Å². The zero-order valence-corrected chi connectivity index (χ0v) is 16.4. The smallest absolute Gasteiger partial charge is 0.239 e. The van der Waals surface area contributed by atoms with Crippen molar-refractivity contribution in [2.45, 2.75) is 64.2 Å². The van der Waals surface area contributed by atoms with E-state index >= 15 is 0 Å². The van der Waals surface area contributed by atoms with Crippen LogP contribution in [0.4, 0.5) is 0 Å². The number of aliphatic imine (C=N–C) groups is 1. The number of likely N-dealkylation sites (tertiary alicyclic amines) is 1. The minimum absolute atomic E-state index is 0. The highest BCUT2D eigenvalue weighted by Crippen LogP contribution is 2.33. The summed E-state index contributed by atoms with van der Waals surface area (Å²) in [6, 6.07) is 2.02. The van der Waals surface area contributed by atoms with E-state index in [2.05, 4.69) is 32.8 Å². The maximum Gasteiger partial charge on any atom is 0.239 e. The summed E-state index contributed by atoms with van der Waals surface area (Å²) in [5.74, 6) is 0.705. The van der Waals surface area contributed by atoms with Crippen molar-refractivity contribution in [2.75, 3.05) is 20.1 Å². The van der Waals surface area contributed by atoms with Gasteiger partial charge < -0.3 is 16.0 Å². The summed E-state index contributed by atoms with van der Waals surface area (Å²) in [7, 11) is 1.74. The molecule has 2 rings (SSSR count). The van der Waals surface area contributed by atoms with Crippen LogP contribution in [0.1, 0.15) is 40.0 Å². The maximum absolute atomic E-state index is 11.6. The van der Waals surface area contributed by atoms with Crippen molar-refractivity contribution >= 4 is 35.8 Å². The molecule has 0 spiro atoms. The van der Waals surface area contributed by atoms with Crippen molar-refractivity contribution < 1.29 is 4.79 Å². The van der Waals surface area contributed by atoms with Crippen molar-refractivity contribution in [2.24, 2.45) is 4.99 Å². The zero-order valence-electron chi connectivity index (χ0n) is 14.1. The number of rotatable bonds is 5. The van der Waals surface area contributed by atoms with E-state index in [4.69, 9.17) is 0 Å². The SMILES string of the molecule is CN=C(NCC(=O)NC(C)C)NC1CC(C)N(C2CC2)C1.I. The molecular formula is C15H30IN5O. The molecule has 1 aliphatic heterocycles. The normalized spacial score (nSPS) is 25.8. The molecule has 7 heteroatoms. The molecule has 22 heavy (non-hydrogen) atoms. The van der Waals surface area contributed by atoms with E-state index in [1.807, 2.05) is 13.8 Å². The fraction of sp³-hybridized carbons (Fsp3) is 0.867. The number of carbonyl (C=O) groups excluding carboxylic acids is 1. The van der Waals surface area contributed by atoms with Crippen LogP contribution in [0.15, 0.2) is 4.99 Å². The maximum atomic E-state index is 11.6. The van der Waals surface area contributed by atoms with Crippen LogP contribution in [-0.4, -0.2) is 61.1 Å². The molecule has 0 aromatic carbocycles. The lowest BCUT2D eigenvalue weighted by atomic mass is 10.2. The molecule has 128 valence electrons. The first-order chi connectivity index (χ1) is 9.99. The van der Waals surface area contributed by atoms with Crippen LogP contribution in [-0.2, 0) is 4.79 Å². The molecule has 0 aromatic heterocycles. The van der Waals surface area contributed by atoms with Crippen molar-refractivity contribution in [3.8, 4) is 0 Å². The van der Waals surface area contributed by atoms with Crippen LogP contribution in [0.3, 0.4) is 0 Å². The lowest BCUT2D eigenvalue weighted by Gasteiger charge is -2.20. The van der Waals surface area contributed by atoms with Gasteiger partial charge in [0, 0.05) is 37.8 Å².